The highest BCUT2D eigenvalue weighted by Crippen LogP contribution is 2.15. The molecular formula is C23H50NO+. The molecule has 0 rings (SSSR count). The van der Waals surface area contributed by atoms with Crippen LogP contribution < -0.4 is 0 Å². The van der Waals surface area contributed by atoms with Crippen molar-refractivity contribution >= 4 is 0 Å². The Balaban J connectivity index is 3.34. The van der Waals surface area contributed by atoms with E-state index in [1.165, 1.54) is 96.3 Å². The lowest BCUT2D eigenvalue weighted by Gasteiger charge is -2.29. The molecule has 0 aromatic carbocycles. The van der Waals surface area contributed by atoms with Crippen molar-refractivity contribution in [3.8, 4) is 0 Å². The molecule has 0 fully saturated rings. The van der Waals surface area contributed by atoms with E-state index in [0.29, 0.717) is 6.10 Å². The van der Waals surface area contributed by atoms with Gasteiger partial charge in [-0.05, 0) is 13.3 Å². The topological polar surface area (TPSA) is 9.23 Å². The fourth-order valence-corrected chi connectivity index (χ4v) is 3.64. The molecule has 2 heteroatoms. The van der Waals surface area contributed by atoms with Crippen molar-refractivity contribution in [2.45, 2.75) is 116 Å². The minimum atomic E-state index is 0.447. The van der Waals surface area contributed by atoms with Gasteiger partial charge in [0.2, 0.25) is 0 Å². The molecule has 0 aliphatic carbocycles. The lowest BCUT2D eigenvalue weighted by atomic mass is 10.0. The van der Waals surface area contributed by atoms with Gasteiger partial charge in [-0.2, -0.15) is 0 Å². The third-order valence-electron chi connectivity index (χ3n) is 5.03. The number of ether oxygens (including phenoxy) is 1. The molecule has 2 nitrogen and oxygen atoms in total. The summed E-state index contributed by atoms with van der Waals surface area (Å²) in [6, 6.07) is 0. The number of hydrogen-bond donors (Lipinski definition) is 0. The van der Waals surface area contributed by atoms with Gasteiger partial charge in [0, 0.05) is 6.61 Å². The van der Waals surface area contributed by atoms with Crippen molar-refractivity contribution in [2.24, 2.45) is 0 Å². The molecule has 0 aliphatic heterocycles. The molecule has 0 saturated carbocycles. The Morgan fingerprint density at radius 3 is 1.36 bits per heavy atom. The molecule has 25 heavy (non-hydrogen) atoms. The lowest BCUT2D eigenvalue weighted by Crippen LogP contribution is -2.42. The monoisotopic (exact) mass is 356 g/mol. The van der Waals surface area contributed by atoms with Crippen LogP contribution in [-0.4, -0.2) is 44.9 Å². The van der Waals surface area contributed by atoms with Crippen LogP contribution in [0, 0.1) is 0 Å². The molecule has 1 atom stereocenters. The highest BCUT2D eigenvalue weighted by molar-refractivity contribution is 4.58. The first-order chi connectivity index (χ1) is 12.0. The van der Waals surface area contributed by atoms with Crippen LogP contribution in [-0.2, 0) is 4.74 Å². The minimum Gasteiger partial charge on any atom is -0.373 e. The van der Waals surface area contributed by atoms with E-state index in [-0.39, 0.29) is 0 Å². The van der Waals surface area contributed by atoms with Gasteiger partial charge in [0.15, 0.2) is 0 Å². The number of likely N-dealkylation sites (N-methyl/N-ethyl adjacent to an activating group) is 1. The van der Waals surface area contributed by atoms with Gasteiger partial charge in [-0.3, -0.25) is 0 Å². The van der Waals surface area contributed by atoms with E-state index < -0.39 is 0 Å². The molecule has 0 aliphatic rings. The summed E-state index contributed by atoms with van der Waals surface area (Å²) in [6.07, 6.45) is 21.7. The van der Waals surface area contributed by atoms with E-state index in [1.54, 1.807) is 0 Å². The molecule has 0 saturated heterocycles. The molecule has 0 aromatic heterocycles. The molecule has 0 N–H and O–H groups in total. The summed E-state index contributed by atoms with van der Waals surface area (Å²) in [5.41, 5.74) is 0. The predicted molar refractivity (Wildman–Crippen MR) is 113 cm³/mol. The van der Waals surface area contributed by atoms with Crippen molar-refractivity contribution in [3.05, 3.63) is 0 Å². The number of quaternary nitrogens is 1. The second-order valence-corrected chi connectivity index (χ2v) is 8.94. The van der Waals surface area contributed by atoms with Crippen molar-refractivity contribution in [2.75, 3.05) is 34.3 Å². The molecule has 0 heterocycles. The number of nitrogens with zero attached hydrogens (tertiary/aromatic N) is 1. The van der Waals surface area contributed by atoms with E-state index in [0.717, 1.165) is 17.6 Å². The summed E-state index contributed by atoms with van der Waals surface area (Å²) in [7, 11) is 6.78. The second-order valence-electron chi connectivity index (χ2n) is 8.94. The Hall–Kier alpha value is -0.0800. The average molecular weight is 357 g/mol. The zero-order chi connectivity index (χ0) is 18.8. The van der Waals surface area contributed by atoms with Gasteiger partial charge >= 0.3 is 0 Å². The van der Waals surface area contributed by atoms with Crippen LogP contribution in [0.1, 0.15) is 110 Å². The highest BCUT2D eigenvalue weighted by atomic mass is 16.5. The third-order valence-corrected chi connectivity index (χ3v) is 5.03. The van der Waals surface area contributed by atoms with Crippen molar-refractivity contribution in [1.29, 1.82) is 0 Å². The second kappa shape index (κ2) is 17.3. The molecule has 1 unspecified atom stereocenters. The van der Waals surface area contributed by atoms with Crippen molar-refractivity contribution in [1.82, 2.24) is 0 Å². The number of rotatable bonds is 19. The Kier molecular flexibility index (Phi) is 17.3. The van der Waals surface area contributed by atoms with Crippen LogP contribution in [0.3, 0.4) is 0 Å². The molecule has 0 amide bonds. The van der Waals surface area contributed by atoms with E-state index in [9.17, 15) is 0 Å². The van der Waals surface area contributed by atoms with Gasteiger partial charge in [0.1, 0.15) is 12.6 Å². The van der Waals surface area contributed by atoms with E-state index in [1.807, 2.05) is 0 Å². The standard InChI is InChI=1S/C23H50NO/c1-6-8-9-10-11-12-13-14-15-16-17-18-19-20-21-23(25-7-2)22-24(3,4)5/h23H,6-22H2,1-5H3/q+1. The molecule has 0 aromatic rings. The van der Waals surface area contributed by atoms with E-state index in [4.69, 9.17) is 4.74 Å². The fraction of sp³-hybridized carbons (Fsp3) is 1.00. The normalized spacial score (nSPS) is 13.3. The third kappa shape index (κ3) is 20.1. The maximum atomic E-state index is 5.92. The van der Waals surface area contributed by atoms with Gasteiger partial charge in [-0.25, -0.2) is 0 Å². The van der Waals surface area contributed by atoms with Crippen molar-refractivity contribution < 1.29 is 9.22 Å². The number of unbranched alkanes of at least 4 members (excludes halogenated alkanes) is 13. The SMILES string of the molecule is CCCCCCCCCCCCCCCCC(C[N+](C)(C)C)OCC. The zero-order valence-electron chi connectivity index (χ0n) is 18.5. The average Bonchev–Trinajstić information content (AvgIpc) is 2.54. The highest BCUT2D eigenvalue weighted by Gasteiger charge is 2.17. The zero-order valence-corrected chi connectivity index (χ0v) is 18.5. The summed E-state index contributed by atoms with van der Waals surface area (Å²) in [6.45, 7) is 6.39. The van der Waals surface area contributed by atoms with Gasteiger partial charge < -0.3 is 9.22 Å². The molecule has 0 bridgehead atoms. The summed E-state index contributed by atoms with van der Waals surface area (Å²) in [5.74, 6) is 0. The van der Waals surface area contributed by atoms with Crippen LogP contribution in [0.4, 0.5) is 0 Å². The predicted octanol–water partition coefficient (Wildman–Crippen LogP) is 6.97. The molecule has 0 spiro atoms. The fourth-order valence-electron chi connectivity index (χ4n) is 3.64. The largest absolute Gasteiger partial charge is 0.373 e. The Labute approximate surface area is 160 Å². The van der Waals surface area contributed by atoms with Gasteiger partial charge in [0.05, 0.1) is 21.1 Å². The summed E-state index contributed by atoms with van der Waals surface area (Å²) in [5, 5.41) is 0. The Morgan fingerprint density at radius 1 is 0.600 bits per heavy atom. The summed E-state index contributed by atoms with van der Waals surface area (Å²) in [4.78, 5) is 0. The van der Waals surface area contributed by atoms with Crippen LogP contribution in [0.25, 0.3) is 0 Å². The minimum absolute atomic E-state index is 0.447. The summed E-state index contributed by atoms with van der Waals surface area (Å²) < 4.78 is 6.92. The summed E-state index contributed by atoms with van der Waals surface area (Å²) >= 11 is 0. The van der Waals surface area contributed by atoms with Crippen LogP contribution in [0.15, 0.2) is 0 Å². The Morgan fingerprint density at radius 2 is 1.00 bits per heavy atom. The molecular weight excluding hydrogens is 306 g/mol. The van der Waals surface area contributed by atoms with Gasteiger partial charge in [0.25, 0.3) is 0 Å². The lowest BCUT2D eigenvalue weighted by molar-refractivity contribution is -0.873. The molecule has 152 valence electrons. The van der Waals surface area contributed by atoms with Crippen molar-refractivity contribution in [3.63, 3.8) is 0 Å². The van der Waals surface area contributed by atoms with Crippen LogP contribution in [0.5, 0.6) is 0 Å². The van der Waals surface area contributed by atoms with E-state index in [2.05, 4.69) is 35.0 Å². The maximum absolute atomic E-state index is 5.92. The maximum Gasteiger partial charge on any atom is 0.106 e. The van der Waals surface area contributed by atoms with Crippen LogP contribution in [0.2, 0.25) is 0 Å². The van der Waals surface area contributed by atoms with Gasteiger partial charge in [-0.1, -0.05) is 96.8 Å². The Bertz CT molecular complexity index is 259. The van der Waals surface area contributed by atoms with Gasteiger partial charge in [-0.15, -0.1) is 0 Å². The first kappa shape index (κ1) is 24.9. The number of hydrogen-bond acceptors (Lipinski definition) is 1. The van der Waals surface area contributed by atoms with Crippen LogP contribution >= 0.6 is 0 Å². The molecule has 0 radical (unpaired) electrons. The van der Waals surface area contributed by atoms with E-state index >= 15 is 0 Å². The first-order valence-corrected chi connectivity index (χ1v) is 11.4. The quantitative estimate of drug-likeness (QED) is 0.179. The smallest absolute Gasteiger partial charge is 0.106 e. The first-order valence-electron chi connectivity index (χ1n) is 11.4.